The number of nitro benzene ring substituents is 1. The quantitative estimate of drug-likeness (QED) is 0.648. The molecule has 0 atom stereocenters. The van der Waals surface area contributed by atoms with Crippen LogP contribution in [0, 0.1) is 10.1 Å². The zero-order chi connectivity index (χ0) is 14.6. The van der Waals surface area contributed by atoms with Crippen LogP contribution in [0.3, 0.4) is 0 Å². The molecule has 0 bridgehead atoms. The number of amides is 2. The lowest BCUT2D eigenvalue weighted by Gasteiger charge is -2.19. The van der Waals surface area contributed by atoms with Gasteiger partial charge in [-0.1, -0.05) is 11.6 Å². The Morgan fingerprint density at radius 1 is 1.47 bits per heavy atom. The molecule has 0 heterocycles. The summed E-state index contributed by atoms with van der Waals surface area (Å²) in [5.74, 6) is -1.24. The fourth-order valence-electron chi connectivity index (χ4n) is 1.48. The number of nitrogens with zero attached hydrogens (tertiary/aromatic N) is 2. The molecule has 0 fully saturated rings. The van der Waals surface area contributed by atoms with Gasteiger partial charge in [-0.3, -0.25) is 19.7 Å². The summed E-state index contributed by atoms with van der Waals surface area (Å²) in [5, 5.41) is 10.7. The van der Waals surface area contributed by atoms with Gasteiger partial charge in [0.05, 0.1) is 22.1 Å². The summed E-state index contributed by atoms with van der Waals surface area (Å²) < 4.78 is 0. The third kappa shape index (κ3) is 3.65. The number of carbonyl (C=O) groups excluding carboxylic acids is 2. The Morgan fingerprint density at radius 2 is 2.11 bits per heavy atom. The summed E-state index contributed by atoms with van der Waals surface area (Å²) in [6, 6.07) is 3.54. The van der Waals surface area contributed by atoms with Gasteiger partial charge in [0, 0.05) is 18.7 Å². The Hall–Kier alpha value is -2.15. The van der Waals surface area contributed by atoms with Crippen LogP contribution in [0.15, 0.2) is 18.2 Å². The van der Waals surface area contributed by atoms with E-state index in [4.69, 9.17) is 17.3 Å². The second kappa shape index (κ2) is 6.14. The number of non-ortho nitro benzene ring substituents is 1. The highest BCUT2D eigenvalue weighted by atomic mass is 35.5. The van der Waals surface area contributed by atoms with Crippen LogP contribution < -0.4 is 5.73 Å². The Kier molecular flexibility index (Phi) is 4.82. The van der Waals surface area contributed by atoms with Crippen molar-refractivity contribution in [3.8, 4) is 0 Å². The van der Waals surface area contributed by atoms with Crippen LogP contribution in [0.1, 0.15) is 17.3 Å². The topological polar surface area (TPSA) is 107 Å². The van der Waals surface area contributed by atoms with Crippen molar-refractivity contribution in [1.82, 2.24) is 4.90 Å². The van der Waals surface area contributed by atoms with Gasteiger partial charge in [0.2, 0.25) is 5.91 Å². The average Bonchev–Trinajstić information content (AvgIpc) is 2.35. The molecule has 2 amide bonds. The number of hydrogen-bond acceptors (Lipinski definition) is 4. The van der Waals surface area contributed by atoms with E-state index >= 15 is 0 Å². The van der Waals surface area contributed by atoms with Crippen LogP contribution in [0.2, 0.25) is 5.02 Å². The molecule has 7 nitrogen and oxygen atoms in total. The molecule has 2 N–H and O–H groups in total. The van der Waals surface area contributed by atoms with Gasteiger partial charge in [-0.25, -0.2) is 0 Å². The van der Waals surface area contributed by atoms with E-state index in [1.54, 1.807) is 6.92 Å². The molecule has 0 aliphatic heterocycles. The van der Waals surface area contributed by atoms with Crippen molar-refractivity contribution in [2.24, 2.45) is 5.73 Å². The Bertz CT molecular complexity index is 533. The van der Waals surface area contributed by atoms with Crippen molar-refractivity contribution in [3.05, 3.63) is 38.9 Å². The number of hydrogen-bond donors (Lipinski definition) is 1. The number of likely N-dealkylation sites (N-methyl/N-ethyl adjacent to an activating group) is 1. The highest BCUT2D eigenvalue weighted by Crippen LogP contribution is 2.23. The van der Waals surface area contributed by atoms with E-state index in [2.05, 4.69) is 0 Å². The molecule has 1 aromatic carbocycles. The number of halogens is 1. The van der Waals surface area contributed by atoms with Crippen LogP contribution in [-0.4, -0.2) is 34.7 Å². The number of nitrogens with two attached hydrogens (primary N) is 1. The first kappa shape index (κ1) is 14.9. The van der Waals surface area contributed by atoms with Crippen LogP contribution in [0.4, 0.5) is 5.69 Å². The van der Waals surface area contributed by atoms with Gasteiger partial charge in [0.15, 0.2) is 0 Å². The van der Waals surface area contributed by atoms with Crippen LogP contribution in [0.25, 0.3) is 0 Å². The van der Waals surface area contributed by atoms with E-state index in [0.717, 1.165) is 11.0 Å². The summed E-state index contributed by atoms with van der Waals surface area (Å²) in [5.41, 5.74) is 4.75. The number of rotatable bonds is 5. The fourth-order valence-corrected chi connectivity index (χ4v) is 1.67. The summed E-state index contributed by atoms with van der Waals surface area (Å²) in [6.07, 6.45) is 0. The maximum atomic E-state index is 12.1. The average molecular weight is 286 g/mol. The highest BCUT2D eigenvalue weighted by molar-refractivity contribution is 6.34. The molecule has 0 radical (unpaired) electrons. The first-order valence-electron chi connectivity index (χ1n) is 5.38. The van der Waals surface area contributed by atoms with Crippen molar-refractivity contribution < 1.29 is 14.5 Å². The SMILES string of the molecule is CCN(CC(N)=O)C(=O)c1cc([N+](=O)[O-])ccc1Cl. The molecular weight excluding hydrogens is 274 g/mol. The zero-order valence-corrected chi connectivity index (χ0v) is 10.9. The molecule has 0 saturated carbocycles. The Morgan fingerprint density at radius 3 is 2.58 bits per heavy atom. The summed E-state index contributed by atoms with van der Waals surface area (Å²) in [7, 11) is 0. The summed E-state index contributed by atoms with van der Waals surface area (Å²) in [4.78, 5) is 34.2. The maximum Gasteiger partial charge on any atom is 0.270 e. The minimum absolute atomic E-state index is 0.0287. The number of primary amides is 1. The van der Waals surface area contributed by atoms with Crippen LogP contribution >= 0.6 is 11.6 Å². The molecule has 0 aromatic heterocycles. The normalized spacial score (nSPS) is 10.0. The summed E-state index contributed by atoms with van der Waals surface area (Å²) in [6.45, 7) is 1.63. The standard InChI is InChI=1S/C11H12ClN3O4/c1-2-14(6-10(13)16)11(17)8-5-7(15(18)19)3-4-9(8)12/h3-5H,2,6H2,1H3,(H2,13,16). The molecule has 0 aliphatic carbocycles. The molecule has 0 unspecified atom stereocenters. The monoisotopic (exact) mass is 285 g/mol. The lowest BCUT2D eigenvalue weighted by atomic mass is 10.1. The molecule has 19 heavy (non-hydrogen) atoms. The molecule has 0 spiro atoms. The lowest BCUT2D eigenvalue weighted by Crippen LogP contribution is -2.38. The van der Waals surface area contributed by atoms with Crippen molar-refractivity contribution >= 4 is 29.1 Å². The van der Waals surface area contributed by atoms with E-state index < -0.39 is 16.7 Å². The fraction of sp³-hybridized carbons (Fsp3) is 0.273. The molecule has 102 valence electrons. The smallest absolute Gasteiger partial charge is 0.270 e. The van der Waals surface area contributed by atoms with Gasteiger partial charge < -0.3 is 10.6 Å². The van der Waals surface area contributed by atoms with E-state index in [-0.39, 0.29) is 29.4 Å². The van der Waals surface area contributed by atoms with Gasteiger partial charge in [-0.15, -0.1) is 0 Å². The first-order valence-corrected chi connectivity index (χ1v) is 5.76. The molecular formula is C11H12ClN3O4. The molecule has 0 saturated heterocycles. The van der Waals surface area contributed by atoms with Gasteiger partial charge in [0.25, 0.3) is 11.6 Å². The zero-order valence-electron chi connectivity index (χ0n) is 10.1. The molecule has 1 aromatic rings. The predicted octanol–water partition coefficient (Wildman–Crippen LogP) is 1.20. The van der Waals surface area contributed by atoms with E-state index in [1.165, 1.54) is 12.1 Å². The minimum Gasteiger partial charge on any atom is -0.368 e. The van der Waals surface area contributed by atoms with Gasteiger partial charge in [-0.05, 0) is 13.0 Å². The lowest BCUT2D eigenvalue weighted by molar-refractivity contribution is -0.384. The number of carbonyl (C=O) groups is 2. The second-order valence-electron chi connectivity index (χ2n) is 3.71. The van der Waals surface area contributed by atoms with Crippen molar-refractivity contribution in [2.45, 2.75) is 6.92 Å². The number of nitro groups is 1. The van der Waals surface area contributed by atoms with Crippen molar-refractivity contribution in [3.63, 3.8) is 0 Å². The van der Waals surface area contributed by atoms with Crippen LogP contribution in [-0.2, 0) is 4.79 Å². The second-order valence-corrected chi connectivity index (χ2v) is 4.11. The van der Waals surface area contributed by atoms with Crippen LogP contribution in [0.5, 0.6) is 0 Å². The van der Waals surface area contributed by atoms with Gasteiger partial charge in [0.1, 0.15) is 0 Å². The van der Waals surface area contributed by atoms with Gasteiger partial charge >= 0.3 is 0 Å². The molecule has 8 heteroatoms. The highest BCUT2D eigenvalue weighted by Gasteiger charge is 2.21. The van der Waals surface area contributed by atoms with E-state index in [0.29, 0.717) is 0 Å². The third-order valence-corrected chi connectivity index (χ3v) is 2.74. The largest absolute Gasteiger partial charge is 0.368 e. The Balaban J connectivity index is 3.13. The minimum atomic E-state index is -0.670. The number of benzene rings is 1. The molecule has 1 rings (SSSR count). The first-order chi connectivity index (χ1) is 8.86. The third-order valence-electron chi connectivity index (χ3n) is 2.41. The maximum absolute atomic E-state index is 12.1. The van der Waals surface area contributed by atoms with E-state index in [9.17, 15) is 19.7 Å². The van der Waals surface area contributed by atoms with Crippen molar-refractivity contribution in [1.29, 1.82) is 0 Å². The Labute approximate surface area is 114 Å². The van der Waals surface area contributed by atoms with Gasteiger partial charge in [-0.2, -0.15) is 0 Å². The molecule has 0 aliphatic rings. The van der Waals surface area contributed by atoms with E-state index in [1.807, 2.05) is 0 Å². The predicted molar refractivity (Wildman–Crippen MR) is 68.9 cm³/mol. The van der Waals surface area contributed by atoms with Crippen molar-refractivity contribution in [2.75, 3.05) is 13.1 Å². The summed E-state index contributed by atoms with van der Waals surface area (Å²) >= 11 is 5.85.